The summed E-state index contributed by atoms with van der Waals surface area (Å²) in [7, 11) is -0.823. The fourth-order valence-electron chi connectivity index (χ4n) is 2.18. The molecule has 1 N–H and O–H groups in total. The minimum Gasteiger partial charge on any atom is -0.591 e. The smallest absolute Gasteiger partial charge is 0.308 e. The van der Waals surface area contributed by atoms with Crippen LogP contribution in [0.3, 0.4) is 0 Å². The van der Waals surface area contributed by atoms with Gasteiger partial charge in [0.25, 0.3) is 0 Å². The first-order valence-corrected chi connectivity index (χ1v) is 10.2. The van der Waals surface area contributed by atoms with Gasteiger partial charge in [-0.1, -0.05) is 34.2 Å². The molecule has 130 valence electrons. The molecule has 0 saturated carbocycles. The highest BCUT2D eigenvalue weighted by Gasteiger charge is 2.26. The van der Waals surface area contributed by atoms with Crippen molar-refractivity contribution in [2.24, 2.45) is 4.40 Å². The van der Waals surface area contributed by atoms with Crippen molar-refractivity contribution in [2.45, 2.75) is 43.8 Å². The first-order chi connectivity index (χ1) is 11.2. The topological polar surface area (TPSA) is 72.7 Å². The van der Waals surface area contributed by atoms with Crippen LogP contribution in [0.4, 0.5) is 0 Å². The minimum absolute atomic E-state index is 0.0388. The van der Waals surface area contributed by atoms with Crippen molar-refractivity contribution in [3.63, 3.8) is 0 Å². The molecule has 24 heavy (non-hydrogen) atoms. The van der Waals surface area contributed by atoms with Crippen LogP contribution in [0, 0.1) is 6.92 Å². The van der Waals surface area contributed by atoms with Gasteiger partial charge in [-0.15, -0.1) is 0 Å². The lowest BCUT2D eigenvalue weighted by Gasteiger charge is -2.21. The lowest BCUT2D eigenvalue weighted by atomic mass is 10.2. The van der Waals surface area contributed by atoms with E-state index in [0.717, 1.165) is 20.9 Å². The Labute approximate surface area is 149 Å². The SMILES string of the molecule is Cc1ccc(/C=N/[S+]([O-])C(C)(C)C)c([SH]2C=CC=C2CC(=O)O)c1. The maximum Gasteiger partial charge on any atom is 0.308 e. The predicted octanol–water partition coefficient (Wildman–Crippen LogP) is 4.12. The zero-order valence-electron chi connectivity index (χ0n) is 14.3. The van der Waals surface area contributed by atoms with Crippen molar-refractivity contribution in [3.8, 4) is 0 Å². The number of rotatable bonds is 5. The minimum atomic E-state index is -1.32. The Balaban J connectivity index is 2.35. The summed E-state index contributed by atoms with van der Waals surface area (Å²) in [6.07, 6.45) is 5.50. The highest BCUT2D eigenvalue weighted by atomic mass is 32.2. The second-order valence-electron chi connectivity index (χ2n) is 6.60. The van der Waals surface area contributed by atoms with Gasteiger partial charge in [-0.3, -0.25) is 4.79 Å². The number of thiol groups is 1. The van der Waals surface area contributed by atoms with E-state index >= 15 is 0 Å². The number of allylic oxidation sites excluding steroid dienone is 2. The van der Waals surface area contributed by atoms with Crippen LogP contribution in [0.25, 0.3) is 0 Å². The number of hydrogen-bond donors (Lipinski definition) is 2. The van der Waals surface area contributed by atoms with E-state index < -0.39 is 33.0 Å². The summed E-state index contributed by atoms with van der Waals surface area (Å²) in [6.45, 7) is 7.66. The Bertz CT molecular complexity index is 717. The van der Waals surface area contributed by atoms with Gasteiger partial charge >= 0.3 is 5.97 Å². The van der Waals surface area contributed by atoms with E-state index in [0.29, 0.717) is 0 Å². The number of aliphatic carboxylic acids is 1. The first kappa shape index (κ1) is 18.8. The van der Waals surface area contributed by atoms with Crippen molar-refractivity contribution in [1.82, 2.24) is 0 Å². The number of carbonyl (C=O) groups is 1. The highest BCUT2D eigenvalue weighted by Crippen LogP contribution is 2.51. The lowest BCUT2D eigenvalue weighted by Crippen LogP contribution is -2.25. The molecule has 0 saturated heterocycles. The van der Waals surface area contributed by atoms with Crippen LogP contribution >= 0.6 is 10.9 Å². The van der Waals surface area contributed by atoms with Gasteiger partial charge in [-0.2, -0.15) is 10.9 Å². The number of aryl methyl sites for hydroxylation is 1. The monoisotopic (exact) mass is 365 g/mol. The third kappa shape index (κ3) is 4.75. The molecular weight excluding hydrogens is 342 g/mol. The van der Waals surface area contributed by atoms with E-state index in [1.165, 1.54) is 0 Å². The molecule has 1 aliphatic rings. The summed E-state index contributed by atoms with van der Waals surface area (Å²) >= 11 is -1.32. The van der Waals surface area contributed by atoms with Gasteiger partial charge < -0.3 is 9.66 Å². The van der Waals surface area contributed by atoms with Crippen LogP contribution in [0.15, 0.2) is 50.0 Å². The Hall–Kier alpha value is -1.50. The average Bonchev–Trinajstić information content (AvgIpc) is 2.91. The molecule has 4 nitrogen and oxygen atoms in total. The van der Waals surface area contributed by atoms with Crippen molar-refractivity contribution >= 4 is 34.4 Å². The second kappa shape index (κ2) is 7.59. The molecule has 1 aromatic carbocycles. The van der Waals surface area contributed by atoms with Gasteiger partial charge in [0, 0.05) is 10.5 Å². The predicted molar refractivity (Wildman–Crippen MR) is 103 cm³/mol. The normalized spacial score (nSPS) is 20.4. The maximum atomic E-state index is 12.2. The summed E-state index contributed by atoms with van der Waals surface area (Å²) in [5.41, 5.74) is 2.00. The molecule has 0 spiro atoms. The fourth-order valence-corrected chi connectivity index (χ4v) is 4.94. The summed E-state index contributed by atoms with van der Waals surface area (Å²) in [4.78, 5) is 13.1. The summed E-state index contributed by atoms with van der Waals surface area (Å²) < 4.78 is 16.0. The van der Waals surface area contributed by atoms with Gasteiger partial charge in [0.2, 0.25) is 0 Å². The molecule has 6 heteroatoms. The molecule has 0 radical (unpaired) electrons. The van der Waals surface area contributed by atoms with Crippen molar-refractivity contribution in [2.75, 3.05) is 0 Å². The number of nitrogens with zero attached hydrogens (tertiary/aromatic N) is 1. The third-order valence-corrected chi connectivity index (χ3v) is 7.07. The van der Waals surface area contributed by atoms with Crippen LogP contribution in [0.5, 0.6) is 0 Å². The Morgan fingerprint density at radius 3 is 2.75 bits per heavy atom. The molecule has 0 aromatic heterocycles. The van der Waals surface area contributed by atoms with E-state index in [9.17, 15) is 9.35 Å². The molecule has 1 heterocycles. The zero-order valence-corrected chi connectivity index (χ0v) is 16.0. The van der Waals surface area contributed by atoms with E-state index in [4.69, 9.17) is 5.11 Å². The average molecular weight is 366 g/mol. The molecule has 0 bridgehead atoms. The highest BCUT2D eigenvalue weighted by molar-refractivity contribution is 8.23. The van der Waals surface area contributed by atoms with Crippen LogP contribution in [-0.4, -0.2) is 26.6 Å². The van der Waals surface area contributed by atoms with Crippen LogP contribution in [0.1, 0.15) is 38.3 Å². The zero-order chi connectivity index (χ0) is 17.9. The van der Waals surface area contributed by atoms with Gasteiger partial charge in [0.1, 0.15) is 16.1 Å². The van der Waals surface area contributed by atoms with Crippen LogP contribution in [0.2, 0.25) is 0 Å². The van der Waals surface area contributed by atoms with E-state index in [-0.39, 0.29) is 6.42 Å². The number of carboxylic acid groups (broad SMARTS) is 1. The van der Waals surface area contributed by atoms with Gasteiger partial charge in [-0.25, -0.2) is 0 Å². The molecule has 0 fully saturated rings. The molecule has 2 unspecified atom stereocenters. The summed E-state index contributed by atoms with van der Waals surface area (Å²) in [6, 6.07) is 6.01. The van der Waals surface area contributed by atoms with Gasteiger partial charge in [0.05, 0.1) is 12.6 Å². The van der Waals surface area contributed by atoms with Gasteiger partial charge in [-0.05, 0) is 44.1 Å². The van der Waals surface area contributed by atoms with E-state index in [1.54, 1.807) is 6.21 Å². The summed E-state index contributed by atoms with van der Waals surface area (Å²) in [5, 5.41) is 11.2. The van der Waals surface area contributed by atoms with Crippen molar-refractivity contribution in [1.29, 1.82) is 0 Å². The maximum absolute atomic E-state index is 12.2. The fraction of sp³-hybridized carbons (Fsp3) is 0.333. The first-order valence-electron chi connectivity index (χ1n) is 7.63. The molecule has 1 aliphatic heterocycles. The standard InChI is InChI=1S/C18H23NO3S2/c1-13-7-8-14(12-19-24(22)18(2,3)4)16(10-13)23-9-5-6-15(23)11-17(20)21/h5-10,12,23H,11H2,1-4H3,(H,20,21)/b19-12+. The van der Waals surface area contributed by atoms with E-state index in [2.05, 4.69) is 15.9 Å². The van der Waals surface area contributed by atoms with Crippen LogP contribution < -0.4 is 0 Å². The number of carboxylic acids is 1. The van der Waals surface area contributed by atoms with Crippen molar-refractivity contribution < 1.29 is 14.5 Å². The second-order valence-corrected chi connectivity index (χ2v) is 10.6. The molecule has 0 amide bonds. The lowest BCUT2D eigenvalue weighted by molar-refractivity contribution is -0.136. The Morgan fingerprint density at radius 1 is 1.42 bits per heavy atom. The van der Waals surface area contributed by atoms with Crippen LogP contribution in [-0.2, 0) is 16.2 Å². The largest absolute Gasteiger partial charge is 0.591 e. The number of benzene rings is 1. The quantitative estimate of drug-likeness (QED) is 0.468. The van der Waals surface area contributed by atoms with Gasteiger partial charge in [0.15, 0.2) is 0 Å². The van der Waals surface area contributed by atoms with Crippen molar-refractivity contribution in [3.05, 3.63) is 51.8 Å². The van der Waals surface area contributed by atoms with E-state index in [1.807, 2.05) is 52.0 Å². The molecule has 1 aromatic rings. The third-order valence-electron chi connectivity index (χ3n) is 3.42. The Kier molecular flexibility index (Phi) is 5.96. The summed E-state index contributed by atoms with van der Waals surface area (Å²) in [5.74, 6) is -0.825. The Morgan fingerprint density at radius 2 is 2.12 bits per heavy atom. The molecule has 2 rings (SSSR count). The number of hydrogen-bond acceptors (Lipinski definition) is 3. The molecule has 2 atom stereocenters. The molecule has 0 aliphatic carbocycles. The molecular formula is C18H23NO3S2.